The fourth-order valence-corrected chi connectivity index (χ4v) is 2.98. The number of halogens is 4. The molecule has 2 amide bonds. The van der Waals surface area contributed by atoms with E-state index < -0.39 is 53.8 Å². The summed E-state index contributed by atoms with van der Waals surface area (Å²) >= 11 is 0. The van der Waals surface area contributed by atoms with Crippen LogP contribution in [0.15, 0.2) is 35.5 Å². The Balaban J connectivity index is 1.92. The van der Waals surface area contributed by atoms with Gasteiger partial charge in [0.1, 0.15) is 29.1 Å². The van der Waals surface area contributed by atoms with Crippen molar-refractivity contribution in [3.63, 3.8) is 0 Å². The number of carboxylic acid groups (broad SMARTS) is 1. The molecule has 2 aromatic rings. The third kappa shape index (κ3) is 5.32. The number of alkyl halides is 3. The van der Waals surface area contributed by atoms with Crippen molar-refractivity contribution in [3.05, 3.63) is 53.2 Å². The normalized spacial score (nSPS) is 20.1. The van der Waals surface area contributed by atoms with E-state index >= 15 is 0 Å². The molecule has 0 unspecified atom stereocenters. The van der Waals surface area contributed by atoms with Crippen molar-refractivity contribution in [1.82, 2.24) is 15.3 Å². The number of amides is 2. The van der Waals surface area contributed by atoms with Crippen LogP contribution in [0.5, 0.6) is 0 Å². The molecule has 2 atom stereocenters. The maximum Gasteiger partial charge on any atom is 0.412 e. The van der Waals surface area contributed by atoms with Crippen LogP contribution in [0.4, 0.5) is 28.2 Å². The van der Waals surface area contributed by atoms with Crippen molar-refractivity contribution < 1.29 is 37.0 Å². The number of rotatable bonds is 3. The minimum atomic E-state index is -4.87. The molecule has 1 aliphatic heterocycles. The fourth-order valence-electron chi connectivity index (χ4n) is 2.98. The van der Waals surface area contributed by atoms with Gasteiger partial charge in [-0.1, -0.05) is 0 Å². The Labute approximate surface area is 182 Å². The first kappa shape index (κ1) is 23.4. The lowest BCUT2D eigenvalue weighted by molar-refractivity contribution is -0.164. The van der Waals surface area contributed by atoms with Gasteiger partial charge in [0.15, 0.2) is 11.6 Å². The standard InChI is InChI=1S/C19H14F4N6O4/c1-18(6-12(19(21,22)23)26-16(33-18)29-17(31)32)14-10(20)3-5-13(27-14)28-15(30)11-4-2-9(7-24)8-25-11/h2-5,8,12H,6H2,1H3,(H,26,29)(H,31,32)(H,27,28,30)/t12-,18-/m0/s1. The minimum absolute atomic E-state index is 0.0981. The molecule has 33 heavy (non-hydrogen) atoms. The fraction of sp³-hybridized carbons (Fsp3) is 0.263. The summed E-state index contributed by atoms with van der Waals surface area (Å²) in [6.07, 6.45) is -6.36. The first-order valence-corrected chi connectivity index (χ1v) is 9.09. The highest BCUT2D eigenvalue weighted by atomic mass is 19.4. The van der Waals surface area contributed by atoms with Gasteiger partial charge in [0.05, 0.1) is 5.56 Å². The summed E-state index contributed by atoms with van der Waals surface area (Å²) in [6, 6.07) is 2.99. The van der Waals surface area contributed by atoms with Gasteiger partial charge >= 0.3 is 12.3 Å². The summed E-state index contributed by atoms with van der Waals surface area (Å²) in [4.78, 5) is 34.1. The number of nitrogens with zero attached hydrogens (tertiary/aromatic N) is 4. The van der Waals surface area contributed by atoms with E-state index in [1.165, 1.54) is 12.1 Å². The topological polar surface area (TPSA) is 150 Å². The largest absolute Gasteiger partial charge is 0.465 e. The van der Waals surface area contributed by atoms with Gasteiger partial charge < -0.3 is 15.2 Å². The number of carbonyl (C=O) groups is 2. The number of pyridine rings is 2. The number of carbonyl (C=O) groups excluding carboxylic acids is 1. The lowest BCUT2D eigenvalue weighted by Crippen LogP contribution is -2.48. The van der Waals surface area contributed by atoms with Crippen LogP contribution in [0.2, 0.25) is 0 Å². The van der Waals surface area contributed by atoms with Gasteiger partial charge in [-0.15, -0.1) is 0 Å². The van der Waals surface area contributed by atoms with Gasteiger partial charge in [-0.2, -0.15) is 18.4 Å². The van der Waals surface area contributed by atoms with E-state index in [9.17, 15) is 27.2 Å². The molecule has 10 nitrogen and oxygen atoms in total. The Bertz CT molecular complexity index is 1160. The monoisotopic (exact) mass is 466 g/mol. The van der Waals surface area contributed by atoms with Crippen LogP contribution in [-0.2, 0) is 10.3 Å². The predicted molar refractivity (Wildman–Crippen MR) is 103 cm³/mol. The summed E-state index contributed by atoms with van der Waals surface area (Å²) in [5.74, 6) is -2.06. The second kappa shape index (κ2) is 8.69. The molecule has 3 heterocycles. The zero-order chi connectivity index (χ0) is 24.4. The smallest absolute Gasteiger partial charge is 0.412 e. The quantitative estimate of drug-likeness (QED) is 0.589. The summed E-state index contributed by atoms with van der Waals surface area (Å²) in [5, 5.41) is 21.5. The van der Waals surface area contributed by atoms with Crippen molar-refractivity contribution >= 4 is 23.8 Å². The molecule has 2 aromatic heterocycles. The number of hydrogen-bond acceptors (Lipinski definition) is 7. The van der Waals surface area contributed by atoms with E-state index in [-0.39, 0.29) is 17.1 Å². The van der Waals surface area contributed by atoms with Crippen LogP contribution in [0.25, 0.3) is 0 Å². The average Bonchev–Trinajstić information content (AvgIpc) is 2.73. The Morgan fingerprint density at radius 3 is 2.58 bits per heavy atom. The number of amidine groups is 1. The summed E-state index contributed by atoms with van der Waals surface area (Å²) in [5.41, 5.74) is -2.58. The molecule has 0 spiro atoms. The Morgan fingerprint density at radius 2 is 2.00 bits per heavy atom. The van der Waals surface area contributed by atoms with E-state index in [0.717, 1.165) is 25.3 Å². The van der Waals surface area contributed by atoms with E-state index in [1.54, 1.807) is 5.32 Å². The number of ether oxygens (including phenoxy) is 1. The first-order chi connectivity index (χ1) is 15.4. The van der Waals surface area contributed by atoms with E-state index in [2.05, 4.69) is 20.3 Å². The molecule has 0 aliphatic carbocycles. The lowest BCUT2D eigenvalue weighted by Gasteiger charge is -2.37. The molecule has 0 bridgehead atoms. The van der Waals surface area contributed by atoms with Crippen molar-refractivity contribution in [2.24, 2.45) is 4.99 Å². The number of nitrogens with one attached hydrogen (secondary N) is 2. The number of anilines is 1. The number of nitriles is 1. The molecule has 172 valence electrons. The summed E-state index contributed by atoms with van der Waals surface area (Å²) in [7, 11) is 0. The highest BCUT2D eigenvalue weighted by Gasteiger charge is 2.50. The molecule has 0 aromatic carbocycles. The van der Waals surface area contributed by atoms with Gasteiger partial charge in [-0.25, -0.2) is 29.5 Å². The lowest BCUT2D eigenvalue weighted by atomic mass is 9.91. The Hall–Kier alpha value is -4.28. The van der Waals surface area contributed by atoms with E-state index in [4.69, 9.17) is 15.1 Å². The molecule has 0 saturated carbocycles. The highest BCUT2D eigenvalue weighted by molar-refractivity contribution is 6.02. The maximum absolute atomic E-state index is 14.6. The van der Waals surface area contributed by atoms with Crippen LogP contribution < -0.4 is 10.6 Å². The van der Waals surface area contributed by atoms with Gasteiger partial charge in [-0.3, -0.25) is 4.79 Å². The number of hydrogen-bond donors (Lipinski definition) is 3. The Morgan fingerprint density at radius 1 is 1.27 bits per heavy atom. The van der Waals surface area contributed by atoms with Crippen LogP contribution in [0.3, 0.4) is 0 Å². The molecule has 0 fully saturated rings. The van der Waals surface area contributed by atoms with Gasteiger partial charge in [0.2, 0.25) is 0 Å². The van der Waals surface area contributed by atoms with Crippen LogP contribution in [0, 0.1) is 17.1 Å². The van der Waals surface area contributed by atoms with Gasteiger partial charge in [0, 0.05) is 12.6 Å². The third-order valence-corrected chi connectivity index (χ3v) is 4.48. The molecule has 3 rings (SSSR count). The van der Waals surface area contributed by atoms with Crippen molar-refractivity contribution in [2.75, 3.05) is 5.32 Å². The van der Waals surface area contributed by atoms with Crippen molar-refractivity contribution in [2.45, 2.75) is 31.2 Å². The molecule has 0 radical (unpaired) electrons. The van der Waals surface area contributed by atoms with Crippen molar-refractivity contribution in [3.8, 4) is 6.07 Å². The second-order valence-corrected chi connectivity index (χ2v) is 6.98. The summed E-state index contributed by atoms with van der Waals surface area (Å²) in [6.45, 7) is 1.09. The molecular weight excluding hydrogens is 452 g/mol. The van der Waals surface area contributed by atoms with Crippen LogP contribution in [-0.4, -0.2) is 45.3 Å². The predicted octanol–water partition coefficient (Wildman–Crippen LogP) is 2.93. The minimum Gasteiger partial charge on any atom is -0.465 e. The van der Waals surface area contributed by atoms with Crippen LogP contribution in [0.1, 0.15) is 35.1 Å². The molecule has 1 aliphatic rings. The van der Waals surface area contributed by atoms with E-state index in [1.807, 2.05) is 6.07 Å². The first-order valence-electron chi connectivity index (χ1n) is 9.09. The SMILES string of the molecule is C[C@@]1(c2nc(NC(=O)c3ccc(C#N)cn3)ccc2F)C[C@@H](C(F)(F)F)N=C(NC(=O)O)O1. The highest BCUT2D eigenvalue weighted by Crippen LogP contribution is 2.40. The van der Waals surface area contributed by atoms with Crippen molar-refractivity contribution in [1.29, 1.82) is 5.26 Å². The van der Waals surface area contributed by atoms with E-state index in [0.29, 0.717) is 0 Å². The number of aromatic nitrogens is 2. The maximum atomic E-state index is 14.6. The third-order valence-electron chi connectivity index (χ3n) is 4.48. The Kier molecular flexibility index (Phi) is 6.16. The molecule has 0 saturated heterocycles. The molecule has 3 N–H and O–H groups in total. The zero-order valence-electron chi connectivity index (χ0n) is 16.6. The number of aliphatic imine (C=N–C) groups is 1. The second-order valence-electron chi connectivity index (χ2n) is 6.98. The molecular formula is C19H14F4N6O4. The van der Waals surface area contributed by atoms with Gasteiger partial charge in [-0.05, 0) is 31.2 Å². The average molecular weight is 466 g/mol. The molecule has 14 heteroatoms. The summed E-state index contributed by atoms with van der Waals surface area (Å²) < 4.78 is 60.0. The zero-order valence-corrected chi connectivity index (χ0v) is 16.6. The van der Waals surface area contributed by atoms with Crippen LogP contribution >= 0.6 is 0 Å². The van der Waals surface area contributed by atoms with Gasteiger partial charge in [0.25, 0.3) is 11.9 Å².